The summed E-state index contributed by atoms with van der Waals surface area (Å²) in [6.45, 7) is 5.88. The van der Waals surface area contributed by atoms with Crippen LogP contribution in [0.25, 0.3) is 0 Å². The van der Waals surface area contributed by atoms with Crippen LogP contribution in [0.15, 0.2) is 48.9 Å². The van der Waals surface area contributed by atoms with Crippen LogP contribution in [0, 0.1) is 6.92 Å². The minimum absolute atomic E-state index is 0.0141. The predicted octanol–water partition coefficient (Wildman–Crippen LogP) is 2.81. The highest BCUT2D eigenvalue weighted by Gasteiger charge is 2.33. The number of amides is 1. The van der Waals surface area contributed by atoms with Gasteiger partial charge in [0.05, 0.1) is 23.8 Å². The second-order valence-corrected chi connectivity index (χ2v) is 6.34. The fraction of sp³-hybridized carbons (Fsp3) is 0.316. The van der Waals surface area contributed by atoms with Gasteiger partial charge in [-0.25, -0.2) is 4.98 Å². The van der Waals surface area contributed by atoms with Crippen molar-refractivity contribution in [1.29, 1.82) is 0 Å². The van der Waals surface area contributed by atoms with E-state index >= 15 is 0 Å². The molecule has 6 nitrogen and oxygen atoms in total. The molecule has 0 saturated heterocycles. The molecule has 3 aromatic rings. The number of benzene rings is 1. The highest BCUT2D eigenvalue weighted by atomic mass is 16.2. The molecular formula is C19H21N5O. The van der Waals surface area contributed by atoms with Gasteiger partial charge >= 0.3 is 0 Å². The first-order valence-electron chi connectivity index (χ1n) is 8.57. The second kappa shape index (κ2) is 6.20. The van der Waals surface area contributed by atoms with Crippen LogP contribution in [0.2, 0.25) is 0 Å². The van der Waals surface area contributed by atoms with E-state index in [2.05, 4.69) is 26.8 Å². The van der Waals surface area contributed by atoms with Crippen molar-refractivity contribution < 1.29 is 4.79 Å². The van der Waals surface area contributed by atoms with E-state index in [1.54, 1.807) is 6.20 Å². The number of fused-ring (bicyclic) bond motifs is 1. The normalized spacial score (nSPS) is 16.7. The Labute approximate surface area is 146 Å². The van der Waals surface area contributed by atoms with E-state index in [0.717, 1.165) is 23.6 Å². The summed E-state index contributed by atoms with van der Waals surface area (Å²) in [6, 6.07) is 10.2. The summed E-state index contributed by atoms with van der Waals surface area (Å²) in [5.41, 5.74) is 2.58. The zero-order chi connectivity index (χ0) is 17.4. The van der Waals surface area contributed by atoms with Crippen molar-refractivity contribution in [3.05, 3.63) is 71.6 Å². The standard InChI is InChI=1S/C19H21N5O/c1-3-23-11-16(14(2)21-23)19(25)24-13-18-20-9-10-22(18)12-17(24)15-7-5-4-6-8-15/h4-11,17H,3,12-13H2,1-2H3. The van der Waals surface area contributed by atoms with Crippen molar-refractivity contribution in [3.63, 3.8) is 0 Å². The highest BCUT2D eigenvalue weighted by molar-refractivity contribution is 5.95. The third-order valence-corrected chi connectivity index (χ3v) is 4.81. The number of aromatic nitrogens is 4. The Morgan fingerprint density at radius 2 is 2.08 bits per heavy atom. The van der Waals surface area contributed by atoms with Crippen molar-refractivity contribution in [2.45, 2.75) is 39.5 Å². The molecule has 1 amide bonds. The lowest BCUT2D eigenvalue weighted by molar-refractivity contribution is 0.0583. The van der Waals surface area contributed by atoms with E-state index in [1.165, 1.54) is 0 Å². The Hall–Kier alpha value is -2.89. The van der Waals surface area contributed by atoms with Gasteiger partial charge in [-0.3, -0.25) is 9.48 Å². The number of carbonyl (C=O) groups is 1. The lowest BCUT2D eigenvalue weighted by Crippen LogP contribution is -2.41. The zero-order valence-corrected chi connectivity index (χ0v) is 14.5. The maximum Gasteiger partial charge on any atom is 0.258 e. The van der Waals surface area contributed by atoms with Crippen molar-refractivity contribution >= 4 is 5.91 Å². The fourth-order valence-electron chi connectivity index (χ4n) is 3.42. The van der Waals surface area contributed by atoms with E-state index in [0.29, 0.717) is 18.7 Å². The first-order chi connectivity index (χ1) is 12.2. The largest absolute Gasteiger partial charge is 0.331 e. The number of hydrogen-bond acceptors (Lipinski definition) is 3. The predicted molar refractivity (Wildman–Crippen MR) is 93.9 cm³/mol. The summed E-state index contributed by atoms with van der Waals surface area (Å²) < 4.78 is 3.94. The summed E-state index contributed by atoms with van der Waals surface area (Å²) in [4.78, 5) is 19.6. The SMILES string of the molecule is CCn1cc(C(=O)N2Cc3nccn3CC2c2ccccc2)c(C)n1. The number of carbonyl (C=O) groups excluding carboxylic acids is 1. The van der Waals surface area contributed by atoms with E-state index in [9.17, 15) is 4.79 Å². The first kappa shape index (κ1) is 15.6. The van der Waals surface area contributed by atoms with Crippen LogP contribution >= 0.6 is 0 Å². The topological polar surface area (TPSA) is 56.0 Å². The molecule has 3 heterocycles. The van der Waals surface area contributed by atoms with Gasteiger partial charge in [-0.2, -0.15) is 5.10 Å². The monoisotopic (exact) mass is 335 g/mol. The van der Waals surface area contributed by atoms with Crippen LogP contribution in [0.4, 0.5) is 0 Å². The summed E-state index contributed by atoms with van der Waals surface area (Å²) in [5.74, 6) is 0.932. The highest BCUT2D eigenvalue weighted by Crippen LogP contribution is 2.30. The van der Waals surface area contributed by atoms with Crippen LogP contribution in [0.1, 0.15) is 40.4 Å². The molecule has 0 fully saturated rings. The molecule has 2 aromatic heterocycles. The average Bonchev–Trinajstić information content (AvgIpc) is 3.26. The molecule has 25 heavy (non-hydrogen) atoms. The third-order valence-electron chi connectivity index (χ3n) is 4.81. The fourth-order valence-corrected chi connectivity index (χ4v) is 3.42. The van der Waals surface area contributed by atoms with Crippen LogP contribution in [0.3, 0.4) is 0 Å². The van der Waals surface area contributed by atoms with Crippen molar-refractivity contribution in [3.8, 4) is 0 Å². The molecule has 1 atom stereocenters. The Bertz CT molecular complexity index is 896. The van der Waals surface area contributed by atoms with Gasteiger partial charge in [-0.1, -0.05) is 30.3 Å². The maximum absolute atomic E-state index is 13.3. The summed E-state index contributed by atoms with van der Waals surface area (Å²) in [6.07, 6.45) is 5.62. The first-order valence-corrected chi connectivity index (χ1v) is 8.57. The Kier molecular flexibility index (Phi) is 3.87. The smallest absolute Gasteiger partial charge is 0.258 e. The molecule has 0 bridgehead atoms. The van der Waals surface area contributed by atoms with Crippen LogP contribution < -0.4 is 0 Å². The quantitative estimate of drug-likeness (QED) is 0.739. The zero-order valence-electron chi connectivity index (χ0n) is 14.5. The molecule has 0 radical (unpaired) electrons. The lowest BCUT2D eigenvalue weighted by Gasteiger charge is -2.36. The van der Waals surface area contributed by atoms with Gasteiger partial charge in [0, 0.05) is 31.7 Å². The number of nitrogens with zero attached hydrogens (tertiary/aromatic N) is 5. The van der Waals surface area contributed by atoms with Crippen molar-refractivity contribution in [2.75, 3.05) is 0 Å². The molecule has 1 aliphatic heterocycles. The van der Waals surface area contributed by atoms with Gasteiger partial charge < -0.3 is 9.47 Å². The molecule has 1 aromatic carbocycles. The lowest BCUT2D eigenvalue weighted by atomic mass is 10.0. The number of imidazole rings is 1. The van der Waals surface area contributed by atoms with Crippen molar-refractivity contribution in [1.82, 2.24) is 24.2 Å². The van der Waals surface area contributed by atoms with E-state index in [4.69, 9.17) is 0 Å². The molecule has 0 saturated carbocycles. The minimum atomic E-state index is -0.0141. The maximum atomic E-state index is 13.3. The van der Waals surface area contributed by atoms with Crippen LogP contribution in [-0.4, -0.2) is 30.1 Å². The van der Waals surface area contributed by atoms with Crippen LogP contribution in [-0.2, 0) is 19.6 Å². The number of hydrogen-bond donors (Lipinski definition) is 0. The number of rotatable bonds is 3. The molecule has 1 aliphatic rings. The molecule has 0 N–H and O–H groups in total. The van der Waals surface area contributed by atoms with Gasteiger partial charge in [0.2, 0.25) is 0 Å². The van der Waals surface area contributed by atoms with E-state index < -0.39 is 0 Å². The molecule has 4 rings (SSSR count). The third kappa shape index (κ3) is 2.73. The molecule has 0 aliphatic carbocycles. The second-order valence-electron chi connectivity index (χ2n) is 6.34. The Morgan fingerprint density at radius 1 is 1.28 bits per heavy atom. The van der Waals surface area contributed by atoms with Gasteiger partial charge in [0.25, 0.3) is 5.91 Å². The Morgan fingerprint density at radius 3 is 2.80 bits per heavy atom. The molecular weight excluding hydrogens is 314 g/mol. The summed E-state index contributed by atoms with van der Waals surface area (Å²) in [5, 5.41) is 4.43. The minimum Gasteiger partial charge on any atom is -0.331 e. The van der Waals surface area contributed by atoms with Crippen molar-refractivity contribution in [2.24, 2.45) is 0 Å². The molecule has 128 valence electrons. The molecule has 1 unspecified atom stereocenters. The Balaban J connectivity index is 1.74. The van der Waals surface area contributed by atoms with Gasteiger partial charge in [-0.15, -0.1) is 0 Å². The average molecular weight is 335 g/mol. The molecule has 6 heteroatoms. The van der Waals surface area contributed by atoms with Gasteiger partial charge in [0.15, 0.2) is 0 Å². The van der Waals surface area contributed by atoms with Gasteiger partial charge in [0.1, 0.15) is 5.82 Å². The molecule has 0 spiro atoms. The number of aryl methyl sites for hydroxylation is 2. The summed E-state index contributed by atoms with van der Waals surface area (Å²) in [7, 11) is 0. The van der Waals surface area contributed by atoms with Crippen LogP contribution in [0.5, 0.6) is 0 Å². The van der Waals surface area contributed by atoms with E-state index in [-0.39, 0.29) is 11.9 Å². The van der Waals surface area contributed by atoms with Gasteiger partial charge in [-0.05, 0) is 19.4 Å². The summed E-state index contributed by atoms with van der Waals surface area (Å²) >= 11 is 0. The van der Waals surface area contributed by atoms with E-state index in [1.807, 2.05) is 54.0 Å².